The Morgan fingerprint density at radius 1 is 1.64 bits per heavy atom. The number of aromatic amines is 1. The van der Waals surface area contributed by atoms with Crippen molar-refractivity contribution in [1.29, 1.82) is 0 Å². The molecule has 14 heavy (non-hydrogen) atoms. The van der Waals surface area contributed by atoms with Gasteiger partial charge in [-0.15, -0.1) is 0 Å². The Balaban J connectivity index is 1.92. The van der Waals surface area contributed by atoms with E-state index in [1.54, 1.807) is 6.20 Å². The molecule has 0 aliphatic carbocycles. The first-order valence-electron chi connectivity index (χ1n) is 4.99. The third-order valence-electron chi connectivity index (χ3n) is 2.47. The highest BCUT2D eigenvalue weighted by molar-refractivity contribution is 5.71. The molecule has 0 bridgehead atoms. The zero-order valence-corrected chi connectivity index (χ0v) is 8.03. The first kappa shape index (κ1) is 9.40. The van der Waals surface area contributed by atoms with Gasteiger partial charge in [0.15, 0.2) is 6.29 Å². The minimum Gasteiger partial charge on any atom is -0.378 e. The van der Waals surface area contributed by atoms with Gasteiger partial charge in [0.1, 0.15) is 5.82 Å². The maximum Gasteiger partial charge on any atom is 0.167 e. The van der Waals surface area contributed by atoms with E-state index in [1.807, 2.05) is 0 Å². The van der Waals surface area contributed by atoms with Gasteiger partial charge in [-0.05, 0) is 19.3 Å². The predicted octanol–water partition coefficient (Wildman–Crippen LogP) is 1.33. The highest BCUT2D eigenvalue weighted by Gasteiger charge is 2.15. The SMILES string of the molecule is O=Cc1cnc(CC2CCCCO2)[nH]1. The molecule has 0 amide bonds. The van der Waals surface area contributed by atoms with Crippen LogP contribution in [0.2, 0.25) is 0 Å². The van der Waals surface area contributed by atoms with Crippen LogP contribution in [0.5, 0.6) is 0 Å². The lowest BCUT2D eigenvalue weighted by Gasteiger charge is -2.21. The maximum atomic E-state index is 10.4. The third kappa shape index (κ3) is 2.20. The number of rotatable bonds is 3. The summed E-state index contributed by atoms with van der Waals surface area (Å²) in [5.74, 6) is 0.846. The molecule has 4 nitrogen and oxygen atoms in total. The Morgan fingerprint density at radius 3 is 3.21 bits per heavy atom. The van der Waals surface area contributed by atoms with Crippen LogP contribution < -0.4 is 0 Å². The fraction of sp³-hybridized carbons (Fsp3) is 0.600. The van der Waals surface area contributed by atoms with Crippen molar-refractivity contribution in [2.24, 2.45) is 0 Å². The average molecular weight is 194 g/mol. The highest BCUT2D eigenvalue weighted by Crippen LogP contribution is 2.15. The van der Waals surface area contributed by atoms with Crippen LogP contribution >= 0.6 is 0 Å². The molecule has 1 N–H and O–H groups in total. The molecule has 0 radical (unpaired) electrons. The molecule has 1 fully saturated rings. The first-order valence-corrected chi connectivity index (χ1v) is 4.99. The summed E-state index contributed by atoms with van der Waals surface area (Å²) in [6.07, 6.45) is 6.88. The summed E-state index contributed by atoms with van der Waals surface area (Å²) < 4.78 is 5.58. The molecule has 2 heterocycles. The number of hydrogen-bond donors (Lipinski definition) is 1. The summed E-state index contributed by atoms with van der Waals surface area (Å²) in [6.45, 7) is 0.853. The van der Waals surface area contributed by atoms with Crippen molar-refractivity contribution in [1.82, 2.24) is 9.97 Å². The molecule has 1 aliphatic rings. The van der Waals surface area contributed by atoms with E-state index in [0.29, 0.717) is 5.69 Å². The third-order valence-corrected chi connectivity index (χ3v) is 2.47. The van der Waals surface area contributed by atoms with Gasteiger partial charge in [0.05, 0.1) is 18.0 Å². The Bertz CT molecular complexity index is 303. The Hall–Kier alpha value is -1.16. The lowest BCUT2D eigenvalue weighted by atomic mass is 10.1. The zero-order valence-electron chi connectivity index (χ0n) is 8.03. The van der Waals surface area contributed by atoms with E-state index in [1.165, 1.54) is 6.42 Å². The maximum absolute atomic E-state index is 10.4. The van der Waals surface area contributed by atoms with Gasteiger partial charge in [0, 0.05) is 13.0 Å². The van der Waals surface area contributed by atoms with Crippen LogP contribution in [0.15, 0.2) is 6.20 Å². The van der Waals surface area contributed by atoms with Crippen LogP contribution in [0, 0.1) is 0 Å². The Kier molecular flexibility index (Phi) is 2.93. The summed E-state index contributed by atoms with van der Waals surface area (Å²) in [6, 6.07) is 0. The van der Waals surface area contributed by atoms with Crippen LogP contribution in [0.25, 0.3) is 0 Å². The van der Waals surface area contributed by atoms with Crippen molar-refractivity contribution in [3.8, 4) is 0 Å². The van der Waals surface area contributed by atoms with E-state index >= 15 is 0 Å². The summed E-state index contributed by atoms with van der Waals surface area (Å²) in [4.78, 5) is 17.5. The van der Waals surface area contributed by atoms with Gasteiger partial charge >= 0.3 is 0 Å². The average Bonchev–Trinajstić information content (AvgIpc) is 2.67. The second kappa shape index (κ2) is 4.37. The number of H-pyrrole nitrogens is 1. The topological polar surface area (TPSA) is 55.0 Å². The normalized spacial score (nSPS) is 22.1. The molecule has 1 atom stereocenters. The molecule has 0 saturated carbocycles. The molecule has 1 aliphatic heterocycles. The minimum atomic E-state index is 0.273. The van der Waals surface area contributed by atoms with Crippen molar-refractivity contribution in [2.45, 2.75) is 31.8 Å². The monoisotopic (exact) mass is 194 g/mol. The second-order valence-electron chi connectivity index (χ2n) is 3.60. The van der Waals surface area contributed by atoms with Crippen molar-refractivity contribution in [3.63, 3.8) is 0 Å². The molecule has 1 saturated heterocycles. The van der Waals surface area contributed by atoms with Crippen LogP contribution in [0.4, 0.5) is 0 Å². The zero-order chi connectivity index (χ0) is 9.80. The number of ether oxygens (including phenoxy) is 1. The molecule has 76 valence electrons. The molecule has 1 unspecified atom stereocenters. The van der Waals surface area contributed by atoms with Gasteiger partial charge in [0.25, 0.3) is 0 Å². The van der Waals surface area contributed by atoms with E-state index in [9.17, 15) is 4.79 Å². The van der Waals surface area contributed by atoms with Crippen LogP contribution in [-0.2, 0) is 11.2 Å². The Labute approximate surface area is 82.7 Å². The lowest BCUT2D eigenvalue weighted by Crippen LogP contribution is -2.21. The number of carbonyl (C=O) groups excluding carboxylic acids is 1. The predicted molar refractivity (Wildman–Crippen MR) is 51.3 cm³/mol. The quantitative estimate of drug-likeness (QED) is 0.738. The van der Waals surface area contributed by atoms with Crippen LogP contribution in [-0.4, -0.2) is 29.0 Å². The molecular formula is C10H14N2O2. The van der Waals surface area contributed by atoms with Gasteiger partial charge in [-0.25, -0.2) is 4.98 Å². The molecule has 1 aromatic heterocycles. The number of imidazole rings is 1. The van der Waals surface area contributed by atoms with E-state index in [4.69, 9.17) is 4.74 Å². The largest absolute Gasteiger partial charge is 0.378 e. The fourth-order valence-corrected chi connectivity index (χ4v) is 1.73. The number of aldehydes is 1. The molecule has 0 spiro atoms. The number of nitrogens with one attached hydrogen (secondary N) is 1. The number of aromatic nitrogens is 2. The first-order chi connectivity index (χ1) is 6.88. The van der Waals surface area contributed by atoms with Crippen molar-refractivity contribution in [3.05, 3.63) is 17.7 Å². The summed E-state index contributed by atoms with van der Waals surface area (Å²) in [5.41, 5.74) is 0.538. The van der Waals surface area contributed by atoms with Crippen molar-refractivity contribution < 1.29 is 9.53 Å². The Morgan fingerprint density at radius 2 is 2.57 bits per heavy atom. The highest BCUT2D eigenvalue weighted by atomic mass is 16.5. The van der Waals surface area contributed by atoms with E-state index < -0.39 is 0 Å². The molecule has 0 aromatic carbocycles. The van der Waals surface area contributed by atoms with Gasteiger partial charge in [-0.1, -0.05) is 0 Å². The van der Waals surface area contributed by atoms with E-state index in [-0.39, 0.29) is 6.10 Å². The van der Waals surface area contributed by atoms with Gasteiger partial charge in [-0.3, -0.25) is 4.79 Å². The van der Waals surface area contributed by atoms with Gasteiger partial charge < -0.3 is 9.72 Å². The number of carbonyl (C=O) groups is 1. The molecule has 1 aromatic rings. The molecule has 4 heteroatoms. The lowest BCUT2D eigenvalue weighted by molar-refractivity contribution is 0.0157. The van der Waals surface area contributed by atoms with Crippen molar-refractivity contribution in [2.75, 3.05) is 6.61 Å². The standard InChI is InChI=1S/C10H14N2O2/c13-7-8-6-11-10(12-8)5-9-3-1-2-4-14-9/h6-7,9H,1-5H2,(H,11,12). The van der Waals surface area contributed by atoms with Crippen molar-refractivity contribution >= 4 is 6.29 Å². The van der Waals surface area contributed by atoms with Gasteiger partial charge in [0.2, 0.25) is 0 Å². The summed E-state index contributed by atoms with van der Waals surface area (Å²) in [7, 11) is 0. The summed E-state index contributed by atoms with van der Waals surface area (Å²) >= 11 is 0. The molecule has 2 rings (SSSR count). The van der Waals surface area contributed by atoms with Crippen LogP contribution in [0.3, 0.4) is 0 Å². The number of nitrogens with zero attached hydrogens (tertiary/aromatic N) is 1. The molecular weight excluding hydrogens is 180 g/mol. The fourth-order valence-electron chi connectivity index (χ4n) is 1.73. The van der Waals surface area contributed by atoms with E-state index in [2.05, 4.69) is 9.97 Å². The minimum absolute atomic E-state index is 0.273. The van der Waals surface area contributed by atoms with Gasteiger partial charge in [-0.2, -0.15) is 0 Å². The van der Waals surface area contributed by atoms with E-state index in [0.717, 1.165) is 38.0 Å². The second-order valence-corrected chi connectivity index (χ2v) is 3.60. The number of hydrogen-bond acceptors (Lipinski definition) is 3. The summed E-state index contributed by atoms with van der Waals surface area (Å²) in [5, 5.41) is 0. The smallest absolute Gasteiger partial charge is 0.167 e. The van der Waals surface area contributed by atoms with Crippen LogP contribution in [0.1, 0.15) is 35.6 Å².